The Balaban J connectivity index is 1.01. The summed E-state index contributed by atoms with van der Waals surface area (Å²) in [6.45, 7) is 7.55. The van der Waals surface area contributed by atoms with Crippen molar-refractivity contribution in [3.05, 3.63) is 17.8 Å². The van der Waals surface area contributed by atoms with Crippen LogP contribution in [0.2, 0.25) is 0 Å². The van der Waals surface area contributed by atoms with Gasteiger partial charge in [-0.2, -0.15) is 0 Å². The van der Waals surface area contributed by atoms with Crippen LogP contribution < -0.4 is 15.0 Å². The van der Waals surface area contributed by atoms with Crippen molar-refractivity contribution in [2.45, 2.75) is 51.0 Å². The molecule has 1 N–H and O–H groups in total. The first kappa shape index (κ1) is 21.0. The molecule has 0 bridgehead atoms. The van der Waals surface area contributed by atoms with Crippen LogP contribution in [-0.4, -0.2) is 74.4 Å². The van der Waals surface area contributed by atoms with Gasteiger partial charge in [0.05, 0.1) is 19.1 Å². The summed E-state index contributed by atoms with van der Waals surface area (Å²) in [6.07, 6.45) is 9.82. The third kappa shape index (κ3) is 4.98. The van der Waals surface area contributed by atoms with Crippen molar-refractivity contribution in [1.29, 1.82) is 0 Å². The van der Waals surface area contributed by atoms with E-state index in [1.807, 2.05) is 6.20 Å². The molecule has 7 heteroatoms. The molecule has 1 aromatic heterocycles. The van der Waals surface area contributed by atoms with Gasteiger partial charge in [0.1, 0.15) is 0 Å². The Labute approximate surface area is 185 Å². The number of ether oxygens (including phenoxy) is 2. The first-order chi connectivity index (χ1) is 15.3. The van der Waals surface area contributed by atoms with E-state index in [4.69, 9.17) is 9.47 Å². The summed E-state index contributed by atoms with van der Waals surface area (Å²) in [7, 11) is 0. The van der Waals surface area contributed by atoms with Gasteiger partial charge in [-0.15, -0.1) is 0 Å². The molecule has 5 rings (SSSR count). The highest BCUT2D eigenvalue weighted by Crippen LogP contribution is 2.34. The topological polar surface area (TPSA) is 66.9 Å². The summed E-state index contributed by atoms with van der Waals surface area (Å²) >= 11 is 0. The molecule has 0 radical (unpaired) electrons. The molecular formula is C24H36N4O3. The fraction of sp³-hybridized carbons (Fsp3) is 0.750. The second kappa shape index (κ2) is 9.74. The van der Waals surface area contributed by atoms with E-state index >= 15 is 0 Å². The molecule has 170 valence electrons. The lowest BCUT2D eigenvalue weighted by Crippen LogP contribution is -2.47. The van der Waals surface area contributed by atoms with Crippen LogP contribution in [0.4, 0.5) is 5.82 Å². The van der Waals surface area contributed by atoms with Gasteiger partial charge in [-0.25, -0.2) is 4.98 Å². The number of carbonyl (C=O) groups is 1. The van der Waals surface area contributed by atoms with Crippen molar-refractivity contribution in [2.24, 2.45) is 11.8 Å². The number of nitrogens with zero attached hydrogens (tertiary/aromatic N) is 3. The molecule has 7 nitrogen and oxygen atoms in total. The third-order valence-corrected chi connectivity index (χ3v) is 7.60. The highest BCUT2D eigenvalue weighted by atomic mass is 16.5. The van der Waals surface area contributed by atoms with Crippen LogP contribution in [0.1, 0.15) is 44.1 Å². The van der Waals surface area contributed by atoms with Gasteiger partial charge >= 0.3 is 0 Å². The number of amides is 1. The Hall–Kier alpha value is -1.86. The van der Waals surface area contributed by atoms with E-state index in [9.17, 15) is 4.79 Å². The van der Waals surface area contributed by atoms with Crippen molar-refractivity contribution in [3.63, 3.8) is 0 Å². The van der Waals surface area contributed by atoms with Crippen molar-refractivity contribution in [2.75, 3.05) is 57.4 Å². The number of anilines is 1. The van der Waals surface area contributed by atoms with Crippen LogP contribution in [0.5, 0.6) is 5.75 Å². The summed E-state index contributed by atoms with van der Waals surface area (Å²) in [5.74, 6) is 3.14. The number of hydrogen-bond acceptors (Lipinski definition) is 6. The molecule has 0 spiro atoms. The minimum absolute atomic E-state index is 0.0788. The molecule has 1 aromatic rings. The van der Waals surface area contributed by atoms with E-state index in [0.29, 0.717) is 12.6 Å². The van der Waals surface area contributed by atoms with Crippen molar-refractivity contribution >= 4 is 11.7 Å². The first-order valence-electron chi connectivity index (χ1n) is 12.2. The summed E-state index contributed by atoms with van der Waals surface area (Å²) < 4.78 is 11.2. The van der Waals surface area contributed by atoms with E-state index in [0.717, 1.165) is 82.6 Å². The van der Waals surface area contributed by atoms with Gasteiger partial charge in [0.25, 0.3) is 0 Å². The quantitative estimate of drug-likeness (QED) is 0.750. The van der Waals surface area contributed by atoms with Crippen LogP contribution in [-0.2, 0) is 16.0 Å². The number of pyridine rings is 1. The van der Waals surface area contributed by atoms with Crippen LogP contribution in [0.25, 0.3) is 0 Å². The molecule has 1 amide bonds. The average Bonchev–Trinajstić information content (AvgIpc) is 3.51. The molecule has 1 saturated carbocycles. The number of piperazine rings is 1. The van der Waals surface area contributed by atoms with Crippen molar-refractivity contribution in [1.82, 2.24) is 15.2 Å². The SMILES string of the molecule is O=C(NC1CCC(CCN2CCN(c3nccc4c3OCC4)CC2)CC1)C1CCOC1. The van der Waals surface area contributed by atoms with Gasteiger partial charge in [0, 0.05) is 57.0 Å². The Bertz CT molecular complexity index is 751. The Morgan fingerprint density at radius 2 is 1.94 bits per heavy atom. The summed E-state index contributed by atoms with van der Waals surface area (Å²) in [5.41, 5.74) is 1.30. The van der Waals surface area contributed by atoms with Gasteiger partial charge < -0.3 is 19.7 Å². The molecule has 31 heavy (non-hydrogen) atoms. The van der Waals surface area contributed by atoms with Gasteiger partial charge in [0.15, 0.2) is 11.6 Å². The molecule has 4 heterocycles. The normalized spacial score (nSPS) is 28.9. The van der Waals surface area contributed by atoms with Gasteiger partial charge in [-0.3, -0.25) is 9.69 Å². The van der Waals surface area contributed by atoms with E-state index < -0.39 is 0 Å². The van der Waals surface area contributed by atoms with Crippen molar-refractivity contribution < 1.29 is 14.3 Å². The largest absolute Gasteiger partial charge is 0.489 e. The molecule has 0 aromatic carbocycles. The second-order valence-electron chi connectivity index (χ2n) is 9.63. The smallest absolute Gasteiger partial charge is 0.225 e. The highest BCUT2D eigenvalue weighted by molar-refractivity contribution is 5.79. The van der Waals surface area contributed by atoms with Gasteiger partial charge in [-0.05, 0) is 57.1 Å². The molecule has 3 aliphatic heterocycles. The minimum atomic E-state index is 0.0788. The zero-order chi connectivity index (χ0) is 21.0. The van der Waals surface area contributed by atoms with E-state index in [2.05, 4.69) is 26.2 Å². The van der Waals surface area contributed by atoms with E-state index in [1.54, 1.807) is 0 Å². The first-order valence-corrected chi connectivity index (χ1v) is 12.2. The second-order valence-corrected chi connectivity index (χ2v) is 9.63. The predicted octanol–water partition coefficient (Wildman–Crippen LogP) is 2.24. The Kier molecular flexibility index (Phi) is 6.60. The molecule has 1 atom stereocenters. The number of aromatic nitrogens is 1. The lowest BCUT2D eigenvalue weighted by Gasteiger charge is -2.37. The number of hydrogen-bond donors (Lipinski definition) is 1. The average molecular weight is 429 g/mol. The van der Waals surface area contributed by atoms with Crippen LogP contribution in [0.3, 0.4) is 0 Å². The monoisotopic (exact) mass is 428 g/mol. The lowest BCUT2D eigenvalue weighted by atomic mass is 9.83. The van der Waals surface area contributed by atoms with Crippen LogP contribution >= 0.6 is 0 Å². The fourth-order valence-corrected chi connectivity index (χ4v) is 5.52. The predicted molar refractivity (Wildman–Crippen MR) is 120 cm³/mol. The maximum atomic E-state index is 12.3. The lowest BCUT2D eigenvalue weighted by molar-refractivity contribution is -0.125. The molecular weight excluding hydrogens is 392 g/mol. The van der Waals surface area contributed by atoms with Crippen molar-refractivity contribution in [3.8, 4) is 5.75 Å². The maximum Gasteiger partial charge on any atom is 0.225 e. The number of fused-ring (bicyclic) bond motifs is 1. The molecule has 1 unspecified atom stereocenters. The number of rotatable bonds is 6. The number of carbonyl (C=O) groups excluding carboxylic acids is 1. The molecule has 3 fully saturated rings. The van der Waals surface area contributed by atoms with Crippen LogP contribution in [0, 0.1) is 11.8 Å². The van der Waals surface area contributed by atoms with Crippen LogP contribution in [0.15, 0.2) is 12.3 Å². The standard InChI is InChI=1S/C24H36N4O3/c29-24(20-7-15-30-17-20)26-21-3-1-18(2-4-21)6-10-27-11-13-28(14-12-27)23-22-19(5-9-25-23)8-16-31-22/h5,9,18,20-21H,1-4,6-8,10-17H2,(H,26,29). The maximum absolute atomic E-state index is 12.3. The third-order valence-electron chi connectivity index (χ3n) is 7.60. The summed E-state index contributed by atoms with van der Waals surface area (Å²) in [6, 6.07) is 2.46. The Morgan fingerprint density at radius 3 is 2.71 bits per heavy atom. The summed E-state index contributed by atoms with van der Waals surface area (Å²) in [4.78, 5) is 21.9. The molecule has 4 aliphatic rings. The highest BCUT2D eigenvalue weighted by Gasteiger charge is 2.29. The molecule has 1 aliphatic carbocycles. The molecule has 2 saturated heterocycles. The zero-order valence-corrected chi connectivity index (χ0v) is 18.6. The Morgan fingerprint density at radius 1 is 1.10 bits per heavy atom. The number of nitrogens with one attached hydrogen (secondary N) is 1. The van der Waals surface area contributed by atoms with E-state index in [1.165, 1.54) is 31.4 Å². The summed E-state index contributed by atoms with van der Waals surface area (Å²) in [5, 5.41) is 3.27. The van der Waals surface area contributed by atoms with E-state index in [-0.39, 0.29) is 11.8 Å². The van der Waals surface area contributed by atoms with Gasteiger partial charge in [0.2, 0.25) is 5.91 Å². The minimum Gasteiger partial charge on any atom is -0.489 e. The zero-order valence-electron chi connectivity index (χ0n) is 18.6. The fourth-order valence-electron chi connectivity index (χ4n) is 5.52. The van der Waals surface area contributed by atoms with Gasteiger partial charge in [-0.1, -0.05) is 0 Å².